The number of nitrogens with zero attached hydrogens (tertiary/aromatic N) is 2. The van der Waals surface area contributed by atoms with Gasteiger partial charge in [0, 0.05) is 12.2 Å². The van der Waals surface area contributed by atoms with Crippen molar-refractivity contribution in [2.24, 2.45) is 5.92 Å². The van der Waals surface area contributed by atoms with Gasteiger partial charge in [0.25, 0.3) is 0 Å². The van der Waals surface area contributed by atoms with Gasteiger partial charge in [0.1, 0.15) is 5.82 Å². The Morgan fingerprint density at radius 3 is 2.92 bits per heavy atom. The lowest BCUT2D eigenvalue weighted by Crippen LogP contribution is -2.34. The topological polar surface area (TPSA) is 37.8 Å². The SMILES string of the molecule is CC1CC(Nc2ccnc(Cl)n2)C1. The standard InChI is InChI=1S/C9H12ClN3/c1-6-4-7(5-6)12-8-2-3-11-9(10)13-8/h2-3,6-7H,4-5H2,1H3,(H,11,12,13). The molecule has 2 rings (SSSR count). The molecule has 1 aromatic rings. The average Bonchev–Trinajstić information content (AvgIpc) is 2.01. The molecule has 0 spiro atoms. The zero-order valence-electron chi connectivity index (χ0n) is 7.50. The molecule has 0 atom stereocenters. The first kappa shape index (κ1) is 8.75. The van der Waals surface area contributed by atoms with Crippen molar-refractivity contribution in [2.45, 2.75) is 25.8 Å². The molecule has 1 fully saturated rings. The van der Waals surface area contributed by atoms with Crippen LogP contribution in [0.15, 0.2) is 12.3 Å². The summed E-state index contributed by atoms with van der Waals surface area (Å²) >= 11 is 5.66. The summed E-state index contributed by atoms with van der Waals surface area (Å²) in [6, 6.07) is 2.41. The van der Waals surface area contributed by atoms with Gasteiger partial charge in [-0.2, -0.15) is 0 Å². The first-order chi connectivity index (χ1) is 6.24. The van der Waals surface area contributed by atoms with Crippen LogP contribution in [0.5, 0.6) is 0 Å². The summed E-state index contributed by atoms with van der Waals surface area (Å²) in [7, 11) is 0. The number of rotatable bonds is 2. The van der Waals surface area contributed by atoms with Gasteiger partial charge in [-0.05, 0) is 36.4 Å². The smallest absolute Gasteiger partial charge is 0.224 e. The summed E-state index contributed by atoms with van der Waals surface area (Å²) in [6.45, 7) is 2.26. The van der Waals surface area contributed by atoms with Crippen LogP contribution in [-0.2, 0) is 0 Å². The fourth-order valence-electron chi connectivity index (χ4n) is 1.64. The highest BCUT2D eigenvalue weighted by Gasteiger charge is 2.25. The Labute approximate surface area is 82.5 Å². The van der Waals surface area contributed by atoms with Crippen LogP contribution in [0.4, 0.5) is 5.82 Å². The molecule has 4 heteroatoms. The molecule has 1 N–H and O–H groups in total. The molecular formula is C9H12ClN3. The molecule has 0 unspecified atom stereocenters. The van der Waals surface area contributed by atoms with E-state index in [0.29, 0.717) is 11.3 Å². The minimum absolute atomic E-state index is 0.303. The molecule has 0 radical (unpaired) electrons. The van der Waals surface area contributed by atoms with E-state index in [1.165, 1.54) is 12.8 Å². The van der Waals surface area contributed by atoms with Crippen LogP contribution >= 0.6 is 11.6 Å². The van der Waals surface area contributed by atoms with Crippen LogP contribution in [-0.4, -0.2) is 16.0 Å². The zero-order valence-corrected chi connectivity index (χ0v) is 8.25. The monoisotopic (exact) mass is 197 g/mol. The maximum Gasteiger partial charge on any atom is 0.224 e. The highest BCUT2D eigenvalue weighted by Crippen LogP contribution is 2.28. The summed E-state index contributed by atoms with van der Waals surface area (Å²) in [5, 5.41) is 3.62. The normalized spacial score (nSPS) is 26.6. The lowest BCUT2D eigenvalue weighted by atomic mass is 9.82. The maximum atomic E-state index is 5.66. The highest BCUT2D eigenvalue weighted by atomic mass is 35.5. The number of aromatic nitrogens is 2. The fraction of sp³-hybridized carbons (Fsp3) is 0.556. The largest absolute Gasteiger partial charge is 0.367 e. The third-order valence-electron chi connectivity index (χ3n) is 2.35. The lowest BCUT2D eigenvalue weighted by molar-refractivity contribution is 0.308. The Kier molecular flexibility index (Phi) is 2.36. The van der Waals surface area contributed by atoms with Gasteiger partial charge in [0.05, 0.1) is 0 Å². The van der Waals surface area contributed by atoms with E-state index >= 15 is 0 Å². The molecule has 0 aliphatic heterocycles. The first-order valence-electron chi connectivity index (χ1n) is 4.49. The van der Waals surface area contributed by atoms with Gasteiger partial charge < -0.3 is 5.32 Å². The Morgan fingerprint density at radius 1 is 1.54 bits per heavy atom. The predicted molar refractivity (Wildman–Crippen MR) is 52.9 cm³/mol. The van der Waals surface area contributed by atoms with Gasteiger partial charge in [-0.25, -0.2) is 9.97 Å². The van der Waals surface area contributed by atoms with Crippen molar-refractivity contribution in [3.63, 3.8) is 0 Å². The molecule has 70 valence electrons. The number of nitrogens with one attached hydrogen (secondary N) is 1. The van der Waals surface area contributed by atoms with Crippen molar-refractivity contribution in [3.8, 4) is 0 Å². The van der Waals surface area contributed by atoms with Crippen molar-refractivity contribution in [2.75, 3.05) is 5.32 Å². The molecule has 0 amide bonds. The Bertz CT molecular complexity index is 297. The quantitative estimate of drug-likeness (QED) is 0.740. The van der Waals surface area contributed by atoms with E-state index in [2.05, 4.69) is 22.2 Å². The Morgan fingerprint density at radius 2 is 2.31 bits per heavy atom. The summed E-state index contributed by atoms with van der Waals surface area (Å²) in [5.74, 6) is 1.67. The van der Waals surface area contributed by atoms with Crippen LogP contribution in [0.1, 0.15) is 19.8 Å². The molecule has 1 aliphatic rings. The van der Waals surface area contributed by atoms with Crippen molar-refractivity contribution >= 4 is 17.4 Å². The molecule has 1 aromatic heterocycles. The molecule has 0 aromatic carbocycles. The molecule has 3 nitrogen and oxygen atoms in total. The second-order valence-corrected chi connectivity index (χ2v) is 3.97. The average molecular weight is 198 g/mol. The predicted octanol–water partition coefficient (Wildman–Crippen LogP) is 2.34. The Balaban J connectivity index is 1.94. The van der Waals surface area contributed by atoms with Gasteiger partial charge >= 0.3 is 0 Å². The van der Waals surface area contributed by atoms with Gasteiger partial charge in [-0.3, -0.25) is 0 Å². The second kappa shape index (κ2) is 3.50. The molecule has 13 heavy (non-hydrogen) atoms. The fourth-order valence-corrected chi connectivity index (χ4v) is 1.79. The molecule has 1 saturated carbocycles. The minimum Gasteiger partial charge on any atom is -0.367 e. The molecular weight excluding hydrogens is 186 g/mol. The number of hydrogen-bond acceptors (Lipinski definition) is 3. The number of anilines is 1. The summed E-state index contributed by atoms with van der Waals surface area (Å²) in [5.41, 5.74) is 0. The molecule has 0 saturated heterocycles. The van der Waals surface area contributed by atoms with Gasteiger partial charge in [0.2, 0.25) is 5.28 Å². The van der Waals surface area contributed by atoms with Crippen molar-refractivity contribution in [1.29, 1.82) is 0 Å². The second-order valence-electron chi connectivity index (χ2n) is 3.63. The van der Waals surface area contributed by atoms with Crippen molar-refractivity contribution in [1.82, 2.24) is 9.97 Å². The highest BCUT2D eigenvalue weighted by molar-refractivity contribution is 6.28. The minimum atomic E-state index is 0.303. The third-order valence-corrected chi connectivity index (χ3v) is 2.53. The van der Waals surface area contributed by atoms with E-state index in [9.17, 15) is 0 Å². The van der Waals surface area contributed by atoms with E-state index in [1.807, 2.05) is 6.07 Å². The zero-order chi connectivity index (χ0) is 9.26. The molecule has 1 aliphatic carbocycles. The van der Waals surface area contributed by atoms with Crippen molar-refractivity contribution in [3.05, 3.63) is 17.5 Å². The Hall–Kier alpha value is -0.830. The number of hydrogen-bond donors (Lipinski definition) is 1. The first-order valence-corrected chi connectivity index (χ1v) is 4.87. The summed E-state index contributed by atoms with van der Waals surface area (Å²) in [4.78, 5) is 7.88. The van der Waals surface area contributed by atoms with Crippen LogP contribution in [0.2, 0.25) is 5.28 Å². The van der Waals surface area contributed by atoms with E-state index in [0.717, 1.165) is 11.7 Å². The van der Waals surface area contributed by atoms with Gasteiger partial charge in [0.15, 0.2) is 0 Å². The van der Waals surface area contributed by atoms with Crippen molar-refractivity contribution < 1.29 is 0 Å². The van der Waals surface area contributed by atoms with E-state index in [1.54, 1.807) is 6.20 Å². The summed E-state index contributed by atoms with van der Waals surface area (Å²) < 4.78 is 0. The third kappa shape index (κ3) is 2.10. The van der Waals surface area contributed by atoms with Gasteiger partial charge in [-0.1, -0.05) is 6.92 Å². The number of halogens is 1. The maximum absolute atomic E-state index is 5.66. The molecule has 0 bridgehead atoms. The van der Waals surface area contributed by atoms with Crippen LogP contribution in [0.3, 0.4) is 0 Å². The van der Waals surface area contributed by atoms with E-state index in [-0.39, 0.29) is 0 Å². The lowest BCUT2D eigenvalue weighted by Gasteiger charge is -2.33. The van der Waals surface area contributed by atoms with E-state index in [4.69, 9.17) is 11.6 Å². The summed E-state index contributed by atoms with van der Waals surface area (Å²) in [6.07, 6.45) is 4.11. The van der Waals surface area contributed by atoms with Crippen LogP contribution in [0.25, 0.3) is 0 Å². The van der Waals surface area contributed by atoms with Crippen LogP contribution < -0.4 is 5.32 Å². The van der Waals surface area contributed by atoms with Gasteiger partial charge in [-0.15, -0.1) is 0 Å². The molecule has 1 heterocycles. The van der Waals surface area contributed by atoms with E-state index < -0.39 is 0 Å². The van der Waals surface area contributed by atoms with Crippen LogP contribution in [0, 0.1) is 5.92 Å².